The highest BCUT2D eigenvalue weighted by atomic mass is 16.5. The van der Waals surface area contributed by atoms with Crippen molar-refractivity contribution in [3.05, 3.63) is 42.0 Å². The summed E-state index contributed by atoms with van der Waals surface area (Å²) in [6.07, 6.45) is 6.89. The minimum Gasteiger partial charge on any atom is -0.489 e. The van der Waals surface area contributed by atoms with Crippen LogP contribution in [-0.4, -0.2) is 18.2 Å². The first-order chi connectivity index (χ1) is 16.2. The van der Waals surface area contributed by atoms with E-state index in [0.717, 1.165) is 35.8 Å². The molecule has 6 atom stereocenters. The van der Waals surface area contributed by atoms with Gasteiger partial charge in [0, 0.05) is 5.39 Å². The van der Waals surface area contributed by atoms with E-state index >= 15 is 0 Å². The van der Waals surface area contributed by atoms with Crippen LogP contribution in [0.3, 0.4) is 0 Å². The van der Waals surface area contributed by atoms with Crippen molar-refractivity contribution in [2.45, 2.75) is 92.3 Å². The summed E-state index contributed by atoms with van der Waals surface area (Å²) in [5.41, 5.74) is 0.583. The normalized spacial score (nSPS) is 30.0. The molecule has 0 N–H and O–H groups in total. The molecule has 0 amide bonds. The Labute approximate surface area is 206 Å². The lowest BCUT2D eigenvalue weighted by atomic mass is 9.75. The van der Waals surface area contributed by atoms with Crippen molar-refractivity contribution in [1.29, 1.82) is 0 Å². The molecule has 2 saturated carbocycles. The Balaban J connectivity index is 1.67. The predicted molar refractivity (Wildman–Crippen MR) is 140 cm³/mol. The topological polar surface area (TPSA) is 35.5 Å². The van der Waals surface area contributed by atoms with Gasteiger partial charge in [-0.1, -0.05) is 84.7 Å². The van der Waals surface area contributed by atoms with Gasteiger partial charge in [0.15, 0.2) is 0 Å². The zero-order chi connectivity index (χ0) is 24.4. The van der Waals surface area contributed by atoms with E-state index in [4.69, 9.17) is 9.47 Å². The van der Waals surface area contributed by atoms with Gasteiger partial charge in [0.1, 0.15) is 23.5 Å². The van der Waals surface area contributed by atoms with Crippen LogP contribution in [0.5, 0.6) is 5.75 Å². The van der Waals surface area contributed by atoms with Crippen molar-refractivity contribution >= 4 is 16.7 Å². The number of rotatable bonds is 6. The molecule has 2 aliphatic carbocycles. The number of benzene rings is 2. The molecular weight excluding hydrogens is 420 g/mol. The minimum atomic E-state index is -0.226. The van der Waals surface area contributed by atoms with Gasteiger partial charge >= 0.3 is 5.97 Å². The fourth-order valence-corrected chi connectivity index (χ4v) is 6.38. The predicted octanol–water partition coefficient (Wildman–Crippen LogP) is 8.30. The number of carbonyl (C=O) groups excluding carboxylic acids is 1. The lowest BCUT2D eigenvalue weighted by Crippen LogP contribution is -2.37. The largest absolute Gasteiger partial charge is 0.489 e. The Morgan fingerprint density at radius 3 is 2.03 bits per heavy atom. The van der Waals surface area contributed by atoms with Crippen LogP contribution in [0, 0.1) is 35.5 Å². The molecule has 186 valence electrons. The van der Waals surface area contributed by atoms with Crippen LogP contribution in [0.2, 0.25) is 0 Å². The highest BCUT2D eigenvalue weighted by Gasteiger charge is 2.36. The Morgan fingerprint density at radius 2 is 1.38 bits per heavy atom. The third-order valence-electron chi connectivity index (χ3n) is 8.55. The van der Waals surface area contributed by atoms with Crippen molar-refractivity contribution in [1.82, 2.24) is 0 Å². The maximum absolute atomic E-state index is 13.7. The zero-order valence-electron chi connectivity index (χ0n) is 22.1. The molecule has 3 nitrogen and oxygen atoms in total. The lowest BCUT2D eigenvalue weighted by Gasteiger charge is -2.38. The summed E-state index contributed by atoms with van der Waals surface area (Å²) in [7, 11) is 0. The smallest absolute Gasteiger partial charge is 0.342 e. The fourth-order valence-electron chi connectivity index (χ4n) is 6.38. The van der Waals surface area contributed by atoms with E-state index in [2.05, 4.69) is 53.7 Å². The van der Waals surface area contributed by atoms with Gasteiger partial charge in [-0.2, -0.15) is 0 Å². The van der Waals surface area contributed by atoms with Crippen LogP contribution in [0.15, 0.2) is 36.4 Å². The van der Waals surface area contributed by atoms with Gasteiger partial charge in [0.2, 0.25) is 0 Å². The minimum absolute atomic E-state index is 0.0197. The summed E-state index contributed by atoms with van der Waals surface area (Å²) in [6, 6.07) is 12.2. The standard InChI is InChI=1S/C31H44O3/c1-19(2)24-14-11-21(5)17-28(24)33-30-26-10-8-7-9-23(26)13-16-27(30)31(32)34-29-18-22(6)12-15-25(29)20(3)4/h7-10,13,16,19-22,24-25,28-29H,11-12,14-15,17-18H2,1-6H3. The van der Waals surface area contributed by atoms with Crippen LogP contribution in [0.1, 0.15) is 90.4 Å². The highest BCUT2D eigenvalue weighted by Crippen LogP contribution is 2.40. The Hall–Kier alpha value is -2.03. The number of fused-ring (bicyclic) bond motifs is 1. The van der Waals surface area contributed by atoms with Gasteiger partial charge in [-0.15, -0.1) is 0 Å². The van der Waals surface area contributed by atoms with Gasteiger partial charge in [-0.3, -0.25) is 0 Å². The van der Waals surface area contributed by atoms with Crippen LogP contribution in [-0.2, 0) is 4.74 Å². The molecule has 0 bridgehead atoms. The zero-order valence-corrected chi connectivity index (χ0v) is 22.1. The number of ether oxygens (including phenoxy) is 2. The number of carbonyl (C=O) groups is 1. The van der Waals surface area contributed by atoms with Crippen LogP contribution in [0.4, 0.5) is 0 Å². The van der Waals surface area contributed by atoms with Crippen molar-refractivity contribution in [2.24, 2.45) is 35.5 Å². The Morgan fingerprint density at radius 1 is 0.794 bits per heavy atom. The van der Waals surface area contributed by atoms with Crippen molar-refractivity contribution in [2.75, 3.05) is 0 Å². The molecule has 2 aromatic rings. The molecule has 0 saturated heterocycles. The maximum atomic E-state index is 13.7. The SMILES string of the molecule is CC1CCC(C(C)C)C(OC(=O)c2ccc3ccccc3c2OC2CC(C)CCC2C(C)C)C1. The molecule has 0 spiro atoms. The van der Waals surface area contributed by atoms with Crippen molar-refractivity contribution in [3.63, 3.8) is 0 Å². The number of esters is 1. The molecule has 0 aromatic heterocycles. The summed E-state index contributed by atoms with van der Waals surface area (Å²) < 4.78 is 13.1. The van der Waals surface area contributed by atoms with Crippen LogP contribution < -0.4 is 4.74 Å². The highest BCUT2D eigenvalue weighted by molar-refractivity contribution is 6.01. The van der Waals surface area contributed by atoms with Crippen LogP contribution in [0.25, 0.3) is 10.8 Å². The summed E-state index contributed by atoms with van der Waals surface area (Å²) in [6.45, 7) is 13.7. The van der Waals surface area contributed by atoms with Gasteiger partial charge in [0.25, 0.3) is 0 Å². The molecule has 2 aromatic carbocycles. The first kappa shape index (κ1) is 25.1. The molecule has 2 fully saturated rings. The molecule has 0 heterocycles. The summed E-state index contributed by atoms with van der Waals surface area (Å²) in [4.78, 5) is 13.7. The molecule has 0 radical (unpaired) electrons. The quantitative estimate of drug-likeness (QED) is 0.403. The number of hydrogen-bond acceptors (Lipinski definition) is 3. The van der Waals surface area contributed by atoms with E-state index in [1.165, 1.54) is 19.3 Å². The monoisotopic (exact) mass is 464 g/mol. The van der Waals surface area contributed by atoms with E-state index in [1.807, 2.05) is 24.3 Å². The first-order valence-corrected chi connectivity index (χ1v) is 13.6. The van der Waals surface area contributed by atoms with Gasteiger partial charge in [0.05, 0.1) is 0 Å². The van der Waals surface area contributed by atoms with E-state index in [-0.39, 0.29) is 18.2 Å². The number of hydrogen-bond donors (Lipinski definition) is 0. The van der Waals surface area contributed by atoms with E-state index in [1.54, 1.807) is 0 Å². The van der Waals surface area contributed by atoms with Crippen molar-refractivity contribution < 1.29 is 14.3 Å². The van der Waals surface area contributed by atoms with Crippen molar-refractivity contribution in [3.8, 4) is 5.75 Å². The van der Waals surface area contributed by atoms with E-state index in [0.29, 0.717) is 41.1 Å². The second-order valence-electron chi connectivity index (χ2n) is 11.9. The molecule has 6 unspecified atom stereocenters. The first-order valence-electron chi connectivity index (χ1n) is 13.6. The third kappa shape index (κ3) is 5.44. The summed E-state index contributed by atoms with van der Waals surface area (Å²) >= 11 is 0. The molecule has 34 heavy (non-hydrogen) atoms. The van der Waals surface area contributed by atoms with Gasteiger partial charge in [-0.05, 0) is 72.6 Å². The average Bonchev–Trinajstić information content (AvgIpc) is 2.79. The maximum Gasteiger partial charge on any atom is 0.342 e. The molecule has 0 aliphatic heterocycles. The second kappa shape index (κ2) is 10.7. The summed E-state index contributed by atoms with van der Waals surface area (Å²) in [5, 5.41) is 2.11. The molecule has 4 rings (SSSR count). The average molecular weight is 465 g/mol. The lowest BCUT2D eigenvalue weighted by molar-refractivity contribution is -0.0181. The molecule has 3 heteroatoms. The third-order valence-corrected chi connectivity index (χ3v) is 8.55. The molecule has 2 aliphatic rings. The van der Waals surface area contributed by atoms with E-state index in [9.17, 15) is 4.79 Å². The van der Waals surface area contributed by atoms with Gasteiger partial charge in [-0.25, -0.2) is 4.79 Å². The Bertz CT molecular complexity index is 978. The fraction of sp³-hybridized carbons (Fsp3) is 0.645. The van der Waals surface area contributed by atoms with E-state index < -0.39 is 0 Å². The van der Waals surface area contributed by atoms with Crippen LogP contribution >= 0.6 is 0 Å². The summed E-state index contributed by atoms with van der Waals surface area (Å²) in [5.74, 6) is 3.72. The second-order valence-corrected chi connectivity index (χ2v) is 11.9. The Kier molecular flexibility index (Phi) is 7.90. The molecular formula is C31H44O3. The van der Waals surface area contributed by atoms with Gasteiger partial charge < -0.3 is 9.47 Å².